The van der Waals surface area contributed by atoms with Crippen LogP contribution in [0.2, 0.25) is 0 Å². The van der Waals surface area contributed by atoms with Crippen LogP contribution in [0.15, 0.2) is 58.5 Å². The largest absolute Gasteiger partial charge is 0.497 e. The molecule has 7 heteroatoms. The minimum atomic E-state index is -0.565. The Morgan fingerprint density at radius 1 is 1.11 bits per heavy atom. The van der Waals surface area contributed by atoms with E-state index in [1.807, 2.05) is 26.8 Å². The molecule has 0 spiro atoms. The number of ether oxygens (including phenoxy) is 2. The number of thioether (sulfide) groups is 1. The molecule has 0 fully saturated rings. The third-order valence-corrected chi connectivity index (χ3v) is 4.73. The van der Waals surface area contributed by atoms with Gasteiger partial charge in [-0.3, -0.25) is 14.2 Å². The van der Waals surface area contributed by atoms with E-state index >= 15 is 0 Å². The third-order valence-electron chi connectivity index (χ3n) is 3.81. The first kappa shape index (κ1) is 19.9. The molecule has 0 radical (unpaired) electrons. The first-order chi connectivity index (χ1) is 13.3. The van der Waals surface area contributed by atoms with Crippen LogP contribution in [0.4, 0.5) is 0 Å². The maximum atomic E-state index is 13.1. The van der Waals surface area contributed by atoms with Crippen LogP contribution in [0.1, 0.15) is 20.8 Å². The lowest BCUT2D eigenvalue weighted by molar-refractivity contribution is -0.151. The molecule has 1 heterocycles. The Kier molecular flexibility index (Phi) is 5.74. The van der Waals surface area contributed by atoms with Crippen LogP contribution in [0.3, 0.4) is 0 Å². The van der Waals surface area contributed by atoms with Crippen molar-refractivity contribution in [1.82, 2.24) is 9.55 Å². The van der Waals surface area contributed by atoms with Crippen molar-refractivity contribution < 1.29 is 14.3 Å². The van der Waals surface area contributed by atoms with Crippen LogP contribution in [-0.4, -0.2) is 34.0 Å². The van der Waals surface area contributed by atoms with Crippen LogP contribution in [-0.2, 0) is 9.53 Å². The van der Waals surface area contributed by atoms with Crippen LogP contribution in [0.25, 0.3) is 16.6 Å². The van der Waals surface area contributed by atoms with Gasteiger partial charge >= 0.3 is 5.97 Å². The van der Waals surface area contributed by atoms with Crippen molar-refractivity contribution in [2.75, 3.05) is 12.9 Å². The van der Waals surface area contributed by atoms with Crippen LogP contribution < -0.4 is 10.3 Å². The van der Waals surface area contributed by atoms with Crippen molar-refractivity contribution >= 4 is 28.6 Å². The number of hydrogen-bond donors (Lipinski definition) is 0. The molecule has 0 aliphatic rings. The SMILES string of the molecule is COc1ccc(-n2c(SCC(=O)OC(C)(C)C)nc3ccccc3c2=O)cc1. The second kappa shape index (κ2) is 8.06. The van der Waals surface area contributed by atoms with E-state index in [2.05, 4.69) is 4.98 Å². The summed E-state index contributed by atoms with van der Waals surface area (Å²) in [6.07, 6.45) is 0. The summed E-state index contributed by atoms with van der Waals surface area (Å²) >= 11 is 1.18. The molecule has 2 aromatic carbocycles. The summed E-state index contributed by atoms with van der Waals surface area (Å²) < 4.78 is 12.1. The molecule has 0 aliphatic carbocycles. The average Bonchev–Trinajstić information content (AvgIpc) is 2.65. The summed E-state index contributed by atoms with van der Waals surface area (Å²) in [7, 11) is 1.58. The van der Waals surface area contributed by atoms with Gasteiger partial charge in [0.1, 0.15) is 11.4 Å². The van der Waals surface area contributed by atoms with E-state index in [0.29, 0.717) is 27.5 Å². The zero-order valence-corrected chi connectivity index (χ0v) is 17.1. The van der Waals surface area contributed by atoms with Gasteiger partial charge < -0.3 is 9.47 Å². The maximum Gasteiger partial charge on any atom is 0.316 e. The fourth-order valence-electron chi connectivity index (χ4n) is 2.66. The van der Waals surface area contributed by atoms with Crippen LogP contribution in [0.5, 0.6) is 5.75 Å². The first-order valence-electron chi connectivity index (χ1n) is 8.79. The second-order valence-corrected chi connectivity index (χ2v) is 8.07. The van der Waals surface area contributed by atoms with E-state index in [9.17, 15) is 9.59 Å². The highest BCUT2D eigenvalue weighted by molar-refractivity contribution is 7.99. The lowest BCUT2D eigenvalue weighted by Gasteiger charge is -2.19. The minimum absolute atomic E-state index is 0.0538. The molecule has 0 saturated carbocycles. The average molecular weight is 398 g/mol. The molecule has 0 atom stereocenters. The summed E-state index contributed by atoms with van der Waals surface area (Å²) in [5, 5.41) is 0.944. The van der Waals surface area contributed by atoms with E-state index in [-0.39, 0.29) is 17.3 Å². The first-order valence-corrected chi connectivity index (χ1v) is 9.78. The number of fused-ring (bicyclic) bond motifs is 1. The van der Waals surface area contributed by atoms with Gasteiger partial charge in [-0.1, -0.05) is 23.9 Å². The second-order valence-electron chi connectivity index (χ2n) is 7.13. The standard InChI is InChI=1S/C21H22N2O4S/c1-21(2,3)27-18(24)13-28-20-22-17-8-6-5-7-16(17)19(25)23(20)14-9-11-15(26-4)12-10-14/h5-12H,13H2,1-4H3. The Labute approximate surface area is 167 Å². The Morgan fingerprint density at radius 3 is 2.43 bits per heavy atom. The molecular formula is C21H22N2O4S. The minimum Gasteiger partial charge on any atom is -0.497 e. The molecule has 28 heavy (non-hydrogen) atoms. The molecule has 0 unspecified atom stereocenters. The highest BCUT2D eigenvalue weighted by Crippen LogP contribution is 2.23. The van der Waals surface area contributed by atoms with E-state index < -0.39 is 5.60 Å². The molecule has 6 nitrogen and oxygen atoms in total. The molecular weight excluding hydrogens is 376 g/mol. The topological polar surface area (TPSA) is 70.4 Å². The van der Waals surface area contributed by atoms with Gasteiger partial charge in [-0.15, -0.1) is 0 Å². The molecule has 0 saturated heterocycles. The molecule has 1 aromatic heterocycles. The quantitative estimate of drug-likeness (QED) is 0.370. The summed E-state index contributed by atoms with van der Waals surface area (Å²) in [6, 6.07) is 14.3. The molecule has 0 bridgehead atoms. The summed E-state index contributed by atoms with van der Waals surface area (Å²) in [6.45, 7) is 5.45. The number of carbonyl (C=O) groups excluding carboxylic acids is 1. The van der Waals surface area contributed by atoms with E-state index in [4.69, 9.17) is 9.47 Å². The maximum absolute atomic E-state index is 13.1. The number of hydrogen-bond acceptors (Lipinski definition) is 6. The molecule has 3 aromatic rings. The number of carbonyl (C=O) groups is 1. The number of nitrogens with zero attached hydrogens (tertiary/aromatic N) is 2. The van der Waals surface area contributed by atoms with Crippen molar-refractivity contribution in [3.63, 3.8) is 0 Å². The van der Waals surface area contributed by atoms with Crippen molar-refractivity contribution in [3.05, 3.63) is 58.9 Å². The van der Waals surface area contributed by atoms with Crippen LogP contribution >= 0.6 is 11.8 Å². The Balaban J connectivity index is 2.04. The Bertz CT molecular complexity index is 1050. The Morgan fingerprint density at radius 2 is 1.79 bits per heavy atom. The summed E-state index contributed by atoms with van der Waals surface area (Å²) in [4.78, 5) is 29.9. The van der Waals surface area contributed by atoms with Crippen molar-refractivity contribution in [1.29, 1.82) is 0 Å². The normalized spacial score (nSPS) is 11.4. The number of aromatic nitrogens is 2. The van der Waals surface area contributed by atoms with Gasteiger partial charge in [0.05, 0.1) is 29.5 Å². The molecule has 0 amide bonds. The van der Waals surface area contributed by atoms with E-state index in [1.54, 1.807) is 49.6 Å². The van der Waals surface area contributed by atoms with Crippen molar-refractivity contribution in [3.8, 4) is 11.4 Å². The monoisotopic (exact) mass is 398 g/mol. The van der Waals surface area contributed by atoms with Gasteiger partial charge in [-0.25, -0.2) is 4.98 Å². The molecule has 146 valence electrons. The van der Waals surface area contributed by atoms with Crippen LogP contribution in [0, 0.1) is 0 Å². The molecule has 0 N–H and O–H groups in total. The van der Waals surface area contributed by atoms with Gasteiger partial charge in [-0.2, -0.15) is 0 Å². The zero-order chi connectivity index (χ0) is 20.3. The third kappa shape index (κ3) is 4.54. The van der Waals surface area contributed by atoms with Crippen molar-refractivity contribution in [2.24, 2.45) is 0 Å². The summed E-state index contributed by atoms with van der Waals surface area (Å²) in [5.41, 5.74) is 0.478. The number of rotatable bonds is 5. The predicted octanol–water partition coefficient (Wildman–Crippen LogP) is 3.83. The van der Waals surface area contributed by atoms with Gasteiger partial charge in [-0.05, 0) is 57.2 Å². The zero-order valence-electron chi connectivity index (χ0n) is 16.3. The van der Waals surface area contributed by atoms with Gasteiger partial charge in [0, 0.05) is 0 Å². The highest BCUT2D eigenvalue weighted by Gasteiger charge is 2.19. The van der Waals surface area contributed by atoms with E-state index in [1.165, 1.54) is 16.3 Å². The summed E-state index contributed by atoms with van der Waals surface area (Å²) in [5.74, 6) is 0.382. The number of methoxy groups -OCH3 is 1. The molecule has 3 rings (SSSR count). The number of para-hydroxylation sites is 1. The number of esters is 1. The predicted molar refractivity (Wildman–Crippen MR) is 110 cm³/mol. The molecule has 0 aliphatic heterocycles. The van der Waals surface area contributed by atoms with E-state index in [0.717, 1.165) is 0 Å². The smallest absolute Gasteiger partial charge is 0.316 e. The van der Waals surface area contributed by atoms with Gasteiger partial charge in [0.15, 0.2) is 5.16 Å². The highest BCUT2D eigenvalue weighted by atomic mass is 32.2. The number of benzene rings is 2. The van der Waals surface area contributed by atoms with Gasteiger partial charge in [0.25, 0.3) is 5.56 Å². The lowest BCUT2D eigenvalue weighted by Crippen LogP contribution is -2.26. The van der Waals surface area contributed by atoms with Crippen molar-refractivity contribution in [2.45, 2.75) is 31.5 Å². The van der Waals surface area contributed by atoms with Gasteiger partial charge in [0.2, 0.25) is 0 Å². The fourth-order valence-corrected chi connectivity index (χ4v) is 3.45. The lowest BCUT2D eigenvalue weighted by atomic mass is 10.2. The fraction of sp³-hybridized carbons (Fsp3) is 0.286. The Hall–Kier alpha value is -2.80.